The molecule has 0 unspecified atom stereocenters. The van der Waals surface area contributed by atoms with E-state index in [0.717, 1.165) is 29.8 Å². The molecule has 2 saturated heterocycles. The Morgan fingerprint density at radius 2 is 2.35 bits per heavy atom. The number of nitrogens with one attached hydrogen (secondary N) is 2. The van der Waals surface area contributed by atoms with Gasteiger partial charge in [-0.05, 0) is 44.5 Å². The second-order valence-corrected chi connectivity index (χ2v) is 7.68. The van der Waals surface area contributed by atoms with Gasteiger partial charge in [-0.25, -0.2) is 0 Å². The van der Waals surface area contributed by atoms with Crippen molar-refractivity contribution < 1.29 is 9.53 Å². The SMILES string of the molecule is Cc1cccc(-c2n[nH]c(=S)n2CCC(=O)NC[C@@H]2C[C@H]3CC[C@H]2O3)c1. The number of carbonyl (C=O) groups is 1. The van der Waals surface area contributed by atoms with Gasteiger partial charge in [-0.15, -0.1) is 0 Å². The largest absolute Gasteiger partial charge is 0.375 e. The fraction of sp³-hybridized carbons (Fsp3) is 0.526. The molecule has 1 aromatic carbocycles. The number of H-pyrrole nitrogens is 1. The van der Waals surface area contributed by atoms with Crippen molar-refractivity contribution in [2.45, 2.75) is 51.4 Å². The molecule has 2 bridgehead atoms. The average Bonchev–Trinajstić information content (AvgIpc) is 3.34. The minimum absolute atomic E-state index is 0.0473. The number of ether oxygens (including phenoxy) is 1. The molecule has 7 heteroatoms. The summed E-state index contributed by atoms with van der Waals surface area (Å²) in [5, 5.41) is 10.2. The molecule has 3 atom stereocenters. The van der Waals surface area contributed by atoms with E-state index < -0.39 is 0 Å². The first-order valence-electron chi connectivity index (χ1n) is 9.24. The number of nitrogens with zero attached hydrogens (tertiary/aromatic N) is 2. The van der Waals surface area contributed by atoms with Gasteiger partial charge in [-0.3, -0.25) is 14.5 Å². The van der Waals surface area contributed by atoms with E-state index in [1.54, 1.807) is 0 Å². The number of hydrogen-bond donors (Lipinski definition) is 2. The standard InChI is InChI=1S/C19H24N4O2S/c1-12-3-2-4-13(9-12)18-21-22-19(26)23(18)8-7-17(24)20-11-14-10-15-5-6-16(14)25-15/h2-4,9,14-16H,5-8,10-11H2,1H3,(H,20,24)(H,22,26)/t14-,15+,16+/m0/s1. The van der Waals surface area contributed by atoms with E-state index in [0.29, 0.717) is 42.4 Å². The molecule has 0 saturated carbocycles. The summed E-state index contributed by atoms with van der Waals surface area (Å²) in [6.07, 6.45) is 4.53. The summed E-state index contributed by atoms with van der Waals surface area (Å²) < 4.78 is 8.28. The van der Waals surface area contributed by atoms with Crippen molar-refractivity contribution in [3.8, 4) is 11.4 Å². The lowest BCUT2D eigenvalue weighted by Crippen LogP contribution is -2.33. The van der Waals surface area contributed by atoms with Crippen LogP contribution in [-0.2, 0) is 16.1 Å². The molecule has 0 radical (unpaired) electrons. The first-order chi connectivity index (χ1) is 12.6. The van der Waals surface area contributed by atoms with Gasteiger partial charge < -0.3 is 10.1 Å². The quantitative estimate of drug-likeness (QED) is 0.765. The van der Waals surface area contributed by atoms with Crippen LogP contribution in [0.4, 0.5) is 0 Å². The van der Waals surface area contributed by atoms with Crippen molar-refractivity contribution in [3.63, 3.8) is 0 Å². The monoisotopic (exact) mass is 372 g/mol. The minimum atomic E-state index is 0.0473. The van der Waals surface area contributed by atoms with Crippen LogP contribution < -0.4 is 5.32 Å². The lowest BCUT2D eigenvalue weighted by molar-refractivity contribution is -0.121. The summed E-state index contributed by atoms with van der Waals surface area (Å²) in [5.74, 6) is 1.29. The highest BCUT2D eigenvalue weighted by Gasteiger charge is 2.40. The number of amides is 1. The number of rotatable bonds is 6. The van der Waals surface area contributed by atoms with Gasteiger partial charge in [-0.2, -0.15) is 5.10 Å². The fourth-order valence-electron chi connectivity index (χ4n) is 4.03. The van der Waals surface area contributed by atoms with Crippen molar-refractivity contribution in [1.29, 1.82) is 0 Å². The van der Waals surface area contributed by atoms with Crippen molar-refractivity contribution in [1.82, 2.24) is 20.1 Å². The summed E-state index contributed by atoms with van der Waals surface area (Å²) in [6, 6.07) is 8.11. The Morgan fingerprint density at radius 1 is 1.46 bits per heavy atom. The van der Waals surface area contributed by atoms with Gasteiger partial charge >= 0.3 is 0 Å². The molecule has 1 aromatic heterocycles. The fourth-order valence-corrected chi connectivity index (χ4v) is 4.26. The van der Waals surface area contributed by atoms with Gasteiger partial charge in [0.2, 0.25) is 5.91 Å². The topological polar surface area (TPSA) is 71.9 Å². The number of aryl methyl sites for hydroxylation is 1. The summed E-state index contributed by atoms with van der Waals surface area (Å²) in [7, 11) is 0. The first kappa shape index (κ1) is 17.4. The van der Waals surface area contributed by atoms with E-state index >= 15 is 0 Å². The number of aromatic nitrogens is 3. The molecule has 4 rings (SSSR count). The average molecular weight is 372 g/mol. The smallest absolute Gasteiger partial charge is 0.221 e. The highest BCUT2D eigenvalue weighted by molar-refractivity contribution is 7.71. The van der Waals surface area contributed by atoms with E-state index in [2.05, 4.69) is 21.6 Å². The van der Waals surface area contributed by atoms with Crippen molar-refractivity contribution in [3.05, 3.63) is 34.6 Å². The molecule has 26 heavy (non-hydrogen) atoms. The highest BCUT2D eigenvalue weighted by atomic mass is 32.1. The number of fused-ring (bicyclic) bond motifs is 2. The van der Waals surface area contributed by atoms with Gasteiger partial charge in [0.25, 0.3) is 0 Å². The maximum atomic E-state index is 12.3. The van der Waals surface area contributed by atoms with E-state index in [-0.39, 0.29) is 5.91 Å². The van der Waals surface area contributed by atoms with Gasteiger partial charge in [0.1, 0.15) is 0 Å². The van der Waals surface area contributed by atoms with Crippen molar-refractivity contribution in [2.75, 3.05) is 6.54 Å². The first-order valence-corrected chi connectivity index (χ1v) is 9.65. The Kier molecular flexibility index (Phi) is 4.91. The predicted molar refractivity (Wildman–Crippen MR) is 101 cm³/mol. The zero-order valence-electron chi connectivity index (χ0n) is 14.9. The summed E-state index contributed by atoms with van der Waals surface area (Å²) in [6.45, 7) is 3.27. The third kappa shape index (κ3) is 3.59. The molecule has 138 valence electrons. The van der Waals surface area contributed by atoms with Crippen LogP contribution in [-0.4, -0.2) is 39.4 Å². The van der Waals surface area contributed by atoms with Crippen LogP contribution >= 0.6 is 12.2 Å². The van der Waals surface area contributed by atoms with E-state index in [1.165, 1.54) is 6.42 Å². The predicted octanol–water partition coefficient (Wildman–Crippen LogP) is 2.99. The zero-order chi connectivity index (χ0) is 18.1. The van der Waals surface area contributed by atoms with Gasteiger partial charge in [0.05, 0.1) is 12.2 Å². The Labute approximate surface area is 158 Å². The second-order valence-electron chi connectivity index (χ2n) is 7.30. The number of carbonyl (C=O) groups excluding carboxylic acids is 1. The number of benzene rings is 1. The molecule has 2 N–H and O–H groups in total. The third-order valence-corrected chi connectivity index (χ3v) is 5.70. The van der Waals surface area contributed by atoms with Crippen molar-refractivity contribution in [2.24, 2.45) is 5.92 Å². The van der Waals surface area contributed by atoms with Crippen LogP contribution in [0.5, 0.6) is 0 Å². The number of aromatic amines is 1. The van der Waals surface area contributed by atoms with Crippen LogP contribution in [0.1, 0.15) is 31.2 Å². The Hall–Kier alpha value is -1.99. The summed E-state index contributed by atoms with van der Waals surface area (Å²) in [5.41, 5.74) is 2.16. The Balaban J connectivity index is 1.35. The van der Waals surface area contributed by atoms with Gasteiger partial charge in [0.15, 0.2) is 10.6 Å². The van der Waals surface area contributed by atoms with Gasteiger partial charge in [0, 0.05) is 31.0 Å². The summed E-state index contributed by atoms with van der Waals surface area (Å²) >= 11 is 5.34. The van der Waals surface area contributed by atoms with E-state index in [9.17, 15) is 4.79 Å². The van der Waals surface area contributed by atoms with Crippen LogP contribution in [0.3, 0.4) is 0 Å². The maximum Gasteiger partial charge on any atom is 0.221 e. The zero-order valence-corrected chi connectivity index (χ0v) is 15.7. The van der Waals surface area contributed by atoms with Crippen LogP contribution in [0.2, 0.25) is 0 Å². The minimum Gasteiger partial charge on any atom is -0.375 e. The molecular formula is C19H24N4O2S. The Morgan fingerprint density at radius 3 is 3.08 bits per heavy atom. The molecule has 0 aliphatic carbocycles. The molecular weight excluding hydrogens is 348 g/mol. The second kappa shape index (κ2) is 7.32. The molecule has 2 aliphatic rings. The molecule has 6 nitrogen and oxygen atoms in total. The molecule has 2 fully saturated rings. The third-order valence-electron chi connectivity index (χ3n) is 5.39. The van der Waals surface area contributed by atoms with Gasteiger partial charge in [-0.1, -0.05) is 23.8 Å². The normalized spacial score (nSPS) is 24.1. The lowest BCUT2D eigenvalue weighted by atomic mass is 9.89. The van der Waals surface area contributed by atoms with E-state index in [4.69, 9.17) is 17.0 Å². The Bertz CT molecular complexity index is 859. The molecule has 0 spiro atoms. The maximum absolute atomic E-state index is 12.3. The highest BCUT2D eigenvalue weighted by Crippen LogP contribution is 2.38. The summed E-state index contributed by atoms with van der Waals surface area (Å²) in [4.78, 5) is 12.3. The van der Waals surface area contributed by atoms with Crippen LogP contribution in [0.15, 0.2) is 24.3 Å². The van der Waals surface area contributed by atoms with E-state index in [1.807, 2.05) is 29.7 Å². The molecule has 2 aliphatic heterocycles. The van der Waals surface area contributed by atoms with Crippen LogP contribution in [0, 0.1) is 17.6 Å². The van der Waals surface area contributed by atoms with Crippen LogP contribution in [0.25, 0.3) is 11.4 Å². The molecule has 1 amide bonds. The molecule has 2 aromatic rings. The molecule has 3 heterocycles. The number of hydrogen-bond acceptors (Lipinski definition) is 4. The lowest BCUT2D eigenvalue weighted by Gasteiger charge is -2.18. The van der Waals surface area contributed by atoms with Crippen molar-refractivity contribution >= 4 is 18.1 Å².